The molecule has 4 N–H and O–H groups in total. The first-order chi connectivity index (χ1) is 30.5. The van der Waals surface area contributed by atoms with E-state index in [1.807, 2.05) is 0 Å². The van der Waals surface area contributed by atoms with E-state index in [0.29, 0.717) is 12.8 Å². The highest BCUT2D eigenvalue weighted by Gasteiger charge is 2.46. The van der Waals surface area contributed by atoms with Gasteiger partial charge in [-0.1, -0.05) is 199 Å². The van der Waals surface area contributed by atoms with E-state index < -0.39 is 71.2 Å². The van der Waals surface area contributed by atoms with E-state index in [2.05, 4.69) is 26.0 Å². The van der Waals surface area contributed by atoms with Crippen molar-refractivity contribution in [1.82, 2.24) is 0 Å². The lowest BCUT2D eigenvalue weighted by atomic mass is 10.00. The van der Waals surface area contributed by atoms with Gasteiger partial charge in [0, 0.05) is 12.8 Å². The summed E-state index contributed by atoms with van der Waals surface area (Å²) in [5.74, 6) is -1.99. The van der Waals surface area contributed by atoms with Crippen molar-refractivity contribution in [3.63, 3.8) is 0 Å². The van der Waals surface area contributed by atoms with E-state index in [-0.39, 0.29) is 19.4 Å². The number of unbranched alkanes of at least 4 members (excludes halogenated alkanes) is 30. The Bertz CT molecular complexity index is 1210. The molecule has 2 unspecified atom stereocenters. The van der Waals surface area contributed by atoms with Crippen molar-refractivity contribution in [3.05, 3.63) is 12.2 Å². The number of ether oxygens (including phenoxy) is 4. The van der Waals surface area contributed by atoms with Crippen LogP contribution in [0.2, 0.25) is 0 Å². The fourth-order valence-corrected chi connectivity index (χ4v) is 8.78. The van der Waals surface area contributed by atoms with Crippen molar-refractivity contribution < 1.29 is 56.8 Å². The van der Waals surface area contributed by atoms with Gasteiger partial charge in [0.05, 0.1) is 6.61 Å². The van der Waals surface area contributed by atoms with E-state index in [9.17, 15) is 37.9 Å². The van der Waals surface area contributed by atoms with Gasteiger partial charge in [-0.15, -0.1) is 0 Å². The number of esters is 2. The highest BCUT2D eigenvalue weighted by molar-refractivity contribution is 7.85. The third-order valence-electron chi connectivity index (χ3n) is 12.1. The molecule has 1 aliphatic heterocycles. The van der Waals surface area contributed by atoms with Gasteiger partial charge in [-0.2, -0.15) is 8.42 Å². The van der Waals surface area contributed by atoms with Gasteiger partial charge in [-0.05, 0) is 38.5 Å². The molecule has 63 heavy (non-hydrogen) atoms. The van der Waals surface area contributed by atoms with Crippen LogP contribution in [-0.4, -0.2) is 96.0 Å². The van der Waals surface area contributed by atoms with Gasteiger partial charge in [0.1, 0.15) is 36.8 Å². The lowest BCUT2D eigenvalue weighted by Gasteiger charge is -2.40. The van der Waals surface area contributed by atoms with Gasteiger partial charge < -0.3 is 34.3 Å². The monoisotopic (exact) mass is 919 g/mol. The standard InChI is InChI=1S/C50H94O12S/c1-3-5-7-9-11-13-15-17-19-20-21-22-23-25-26-28-30-32-34-36-38-45(51)59-40-43(41-60-50-49(55)48(54)47(53)44(62-50)42-63(56,57)58)61-46(52)39-37-35-33-31-29-27-24-18-16-14-12-10-8-6-4-2/h27,29,43-44,47-50,53-55H,3-26,28,30-42H2,1-2H3,(H,56,57,58)/b29-27+/t43-,44-,47-,48?,49?,50+/m1/s1. The second-order valence-corrected chi connectivity index (χ2v) is 19.7. The smallest absolute Gasteiger partial charge is 0.306 e. The van der Waals surface area contributed by atoms with Crippen molar-refractivity contribution in [2.75, 3.05) is 19.0 Å². The molecule has 0 aliphatic carbocycles. The topological polar surface area (TPSA) is 186 Å². The number of rotatable bonds is 44. The van der Waals surface area contributed by atoms with E-state index in [1.54, 1.807) is 0 Å². The van der Waals surface area contributed by atoms with Crippen LogP contribution in [0.5, 0.6) is 0 Å². The van der Waals surface area contributed by atoms with Crippen LogP contribution in [0.3, 0.4) is 0 Å². The molecule has 0 spiro atoms. The lowest BCUT2D eigenvalue weighted by Crippen LogP contribution is -2.60. The molecule has 1 heterocycles. The van der Waals surface area contributed by atoms with Crippen LogP contribution in [0.25, 0.3) is 0 Å². The van der Waals surface area contributed by atoms with Crippen LogP contribution in [0.4, 0.5) is 0 Å². The quantitative estimate of drug-likeness (QED) is 0.0196. The first kappa shape index (κ1) is 59.4. The van der Waals surface area contributed by atoms with Crippen LogP contribution < -0.4 is 0 Å². The predicted molar refractivity (Wildman–Crippen MR) is 252 cm³/mol. The highest BCUT2D eigenvalue weighted by Crippen LogP contribution is 2.24. The maximum atomic E-state index is 12.8. The molecule has 1 rings (SSSR count). The second kappa shape index (κ2) is 40.6. The molecule has 0 bridgehead atoms. The Balaban J connectivity index is 2.36. The van der Waals surface area contributed by atoms with Crippen LogP contribution in [0.1, 0.15) is 239 Å². The molecule has 1 saturated heterocycles. The number of hydrogen-bond acceptors (Lipinski definition) is 11. The average Bonchev–Trinajstić information content (AvgIpc) is 3.25. The molecule has 0 amide bonds. The summed E-state index contributed by atoms with van der Waals surface area (Å²) in [6, 6.07) is 0. The highest BCUT2D eigenvalue weighted by atomic mass is 32.2. The number of hydrogen-bond donors (Lipinski definition) is 4. The van der Waals surface area contributed by atoms with Crippen LogP contribution >= 0.6 is 0 Å². The molecular weight excluding hydrogens is 825 g/mol. The second-order valence-electron chi connectivity index (χ2n) is 18.2. The number of aliphatic hydroxyl groups is 3. The Morgan fingerprint density at radius 1 is 0.524 bits per heavy atom. The van der Waals surface area contributed by atoms with Crippen molar-refractivity contribution in [2.45, 2.75) is 275 Å². The summed E-state index contributed by atoms with van der Waals surface area (Å²) >= 11 is 0. The molecule has 0 aromatic heterocycles. The Kier molecular flexibility index (Phi) is 38.3. The van der Waals surface area contributed by atoms with Crippen LogP contribution in [0.15, 0.2) is 12.2 Å². The summed E-state index contributed by atoms with van der Waals surface area (Å²) in [5, 5.41) is 30.9. The first-order valence-corrected chi connectivity index (χ1v) is 27.4. The van der Waals surface area contributed by atoms with E-state index in [1.165, 1.54) is 154 Å². The van der Waals surface area contributed by atoms with E-state index in [0.717, 1.165) is 44.9 Å². The van der Waals surface area contributed by atoms with Gasteiger partial charge in [0.25, 0.3) is 10.1 Å². The zero-order chi connectivity index (χ0) is 46.2. The van der Waals surface area contributed by atoms with Gasteiger partial charge in [0.2, 0.25) is 0 Å². The molecule has 0 aromatic carbocycles. The Morgan fingerprint density at radius 2 is 0.905 bits per heavy atom. The van der Waals surface area contributed by atoms with E-state index in [4.69, 9.17) is 18.9 Å². The third-order valence-corrected chi connectivity index (χ3v) is 12.8. The van der Waals surface area contributed by atoms with Crippen LogP contribution in [0, 0.1) is 0 Å². The molecule has 6 atom stereocenters. The molecule has 1 fully saturated rings. The van der Waals surface area contributed by atoms with Gasteiger partial charge in [-0.25, -0.2) is 0 Å². The number of carbonyl (C=O) groups is 2. The van der Waals surface area contributed by atoms with Gasteiger partial charge in [0.15, 0.2) is 12.4 Å². The van der Waals surface area contributed by atoms with Gasteiger partial charge in [-0.3, -0.25) is 14.1 Å². The maximum absolute atomic E-state index is 12.8. The fraction of sp³-hybridized carbons (Fsp3) is 0.920. The molecular formula is C50H94O12S. The Labute approximate surface area is 384 Å². The number of allylic oxidation sites excluding steroid dienone is 2. The van der Waals surface area contributed by atoms with E-state index >= 15 is 0 Å². The van der Waals surface area contributed by atoms with Crippen molar-refractivity contribution in [1.29, 1.82) is 0 Å². The summed E-state index contributed by atoms with van der Waals surface area (Å²) < 4.78 is 54.2. The van der Waals surface area contributed by atoms with Crippen molar-refractivity contribution in [3.8, 4) is 0 Å². The van der Waals surface area contributed by atoms with Crippen molar-refractivity contribution in [2.24, 2.45) is 0 Å². The minimum Gasteiger partial charge on any atom is -0.462 e. The predicted octanol–water partition coefficient (Wildman–Crippen LogP) is 11.4. The summed E-state index contributed by atoms with van der Waals surface area (Å²) in [6.45, 7) is 3.78. The summed E-state index contributed by atoms with van der Waals surface area (Å²) in [6.07, 6.45) is 35.4. The third kappa shape index (κ3) is 35.3. The molecule has 1 aliphatic rings. The minimum absolute atomic E-state index is 0.149. The van der Waals surface area contributed by atoms with Gasteiger partial charge >= 0.3 is 11.9 Å². The summed E-state index contributed by atoms with van der Waals surface area (Å²) in [5.41, 5.74) is 0. The fourth-order valence-electron chi connectivity index (χ4n) is 8.09. The number of aliphatic hydroxyl groups excluding tert-OH is 3. The molecule has 372 valence electrons. The maximum Gasteiger partial charge on any atom is 0.306 e. The Morgan fingerprint density at radius 3 is 1.33 bits per heavy atom. The van der Waals surface area contributed by atoms with Crippen molar-refractivity contribution >= 4 is 22.1 Å². The molecule has 13 heteroatoms. The zero-order valence-corrected chi connectivity index (χ0v) is 40.8. The molecule has 0 aromatic rings. The summed E-state index contributed by atoms with van der Waals surface area (Å²) in [4.78, 5) is 25.5. The minimum atomic E-state index is -4.60. The Hall–Kier alpha value is -1.61. The SMILES string of the molecule is CCCCCCCCCC/C=C/CCCCCC(=O)O[C@H](COC(=O)CCCCCCCCCCCCCCCCCCCCCC)CO[C@H]1O[C@H](CS(=O)(=O)O)[C@@H](O)C(O)C1O. The first-order valence-electron chi connectivity index (χ1n) is 25.7. The average molecular weight is 919 g/mol. The zero-order valence-electron chi connectivity index (χ0n) is 40.0. The van der Waals surface area contributed by atoms with Crippen LogP contribution in [-0.2, 0) is 38.7 Å². The lowest BCUT2D eigenvalue weighted by molar-refractivity contribution is -0.297. The molecule has 0 saturated carbocycles. The molecule has 12 nitrogen and oxygen atoms in total. The largest absolute Gasteiger partial charge is 0.462 e. The normalized spacial score (nSPS) is 19.7. The number of carbonyl (C=O) groups excluding carboxylic acids is 2. The summed E-state index contributed by atoms with van der Waals surface area (Å²) in [7, 11) is -4.60. The molecule has 0 radical (unpaired) electrons.